The van der Waals surface area contributed by atoms with Crippen LogP contribution in [-0.2, 0) is 23.1 Å². The number of nitro groups is 1. The number of tetrazole rings is 1. The fourth-order valence-electron chi connectivity index (χ4n) is 1.45. The minimum absolute atomic E-state index is 0.184. The van der Waals surface area contributed by atoms with Crippen molar-refractivity contribution in [3.63, 3.8) is 0 Å². The Balaban J connectivity index is 2.33. The minimum atomic E-state index is -0.580. The minimum Gasteiger partial charge on any atom is -0.468 e. The van der Waals surface area contributed by atoms with Crippen LogP contribution in [0.3, 0.4) is 0 Å². The van der Waals surface area contributed by atoms with Crippen LogP contribution in [0.5, 0.6) is 0 Å². The molecule has 0 fully saturated rings. The Bertz CT molecular complexity index is 694. The second kappa shape index (κ2) is 5.87. The lowest BCUT2D eigenvalue weighted by Crippen LogP contribution is -2.14. The molecule has 21 heavy (non-hydrogen) atoms. The molecule has 0 unspecified atom stereocenters. The summed E-state index contributed by atoms with van der Waals surface area (Å²) in [6.07, 6.45) is 0. The first kappa shape index (κ1) is 14.9. The van der Waals surface area contributed by atoms with Crippen molar-refractivity contribution < 1.29 is 14.5 Å². The molecule has 2 rings (SSSR count). The Hall–Kier alpha value is -2.50. The first-order valence-electron chi connectivity index (χ1n) is 5.62. The van der Waals surface area contributed by atoms with Gasteiger partial charge in [-0.1, -0.05) is 0 Å². The summed E-state index contributed by atoms with van der Waals surface area (Å²) in [7, 11) is 2.89. The lowest BCUT2D eigenvalue weighted by molar-refractivity contribution is -0.392. The molecule has 0 aliphatic rings. The maximum Gasteiger partial charge on any atom is 0.396 e. The van der Waals surface area contributed by atoms with Crippen LogP contribution in [-0.4, -0.2) is 47.8 Å². The van der Waals surface area contributed by atoms with Crippen LogP contribution < -0.4 is 0 Å². The number of nitrogens with zero attached hydrogens (tertiary/aromatic N) is 7. The van der Waals surface area contributed by atoms with E-state index in [9.17, 15) is 14.9 Å². The fraction of sp³-hybridized carbons (Fsp3) is 0.444. The number of carbonyl (C=O) groups is 1. The number of hydrogen-bond acceptors (Lipinski definition) is 9. The molecular formula is C9H11N7O4S. The molecule has 2 aromatic heterocycles. The van der Waals surface area contributed by atoms with Gasteiger partial charge in [0.2, 0.25) is 11.0 Å². The van der Waals surface area contributed by atoms with Gasteiger partial charge in [-0.15, -0.1) is 5.10 Å². The molecule has 0 saturated carbocycles. The van der Waals surface area contributed by atoms with E-state index in [1.807, 2.05) is 0 Å². The van der Waals surface area contributed by atoms with Crippen LogP contribution in [0.2, 0.25) is 0 Å². The van der Waals surface area contributed by atoms with E-state index in [1.165, 1.54) is 11.8 Å². The fourth-order valence-corrected chi connectivity index (χ4v) is 2.39. The third-order valence-electron chi connectivity index (χ3n) is 2.62. The second-order valence-electron chi connectivity index (χ2n) is 3.90. The zero-order chi connectivity index (χ0) is 15.6. The summed E-state index contributed by atoms with van der Waals surface area (Å²) in [5.41, 5.74) is 0. The molecule has 12 heteroatoms. The molecule has 0 N–H and O–H groups in total. The van der Waals surface area contributed by atoms with Gasteiger partial charge < -0.3 is 14.9 Å². The third-order valence-corrected chi connectivity index (χ3v) is 3.74. The summed E-state index contributed by atoms with van der Waals surface area (Å²) in [5.74, 6) is -0.330. The van der Waals surface area contributed by atoms with E-state index in [4.69, 9.17) is 0 Å². The van der Waals surface area contributed by atoms with Crippen LogP contribution in [0.25, 0.3) is 0 Å². The number of aromatic nitrogens is 6. The Morgan fingerprint density at radius 3 is 2.86 bits per heavy atom. The number of hydrogen-bond donors (Lipinski definition) is 0. The number of ether oxygens (including phenoxy) is 1. The topological polar surface area (TPSA) is 131 Å². The average Bonchev–Trinajstić information content (AvgIpc) is 2.98. The number of aryl methyl sites for hydroxylation is 1. The van der Waals surface area contributed by atoms with Crippen LogP contribution in [0.1, 0.15) is 5.82 Å². The average molecular weight is 313 g/mol. The largest absolute Gasteiger partial charge is 0.468 e. The number of imidazole rings is 1. The molecule has 0 saturated heterocycles. The smallest absolute Gasteiger partial charge is 0.396 e. The predicted molar refractivity (Wildman–Crippen MR) is 68.6 cm³/mol. The molecule has 112 valence electrons. The molecule has 11 nitrogen and oxygen atoms in total. The Morgan fingerprint density at radius 1 is 1.52 bits per heavy atom. The van der Waals surface area contributed by atoms with Crippen LogP contribution in [0, 0.1) is 17.0 Å². The highest BCUT2D eigenvalue weighted by atomic mass is 32.2. The van der Waals surface area contributed by atoms with Gasteiger partial charge >= 0.3 is 11.8 Å². The normalized spacial score (nSPS) is 10.6. The van der Waals surface area contributed by atoms with Crippen LogP contribution in [0.4, 0.5) is 5.82 Å². The van der Waals surface area contributed by atoms with Crippen molar-refractivity contribution in [2.75, 3.05) is 7.11 Å². The first-order valence-corrected chi connectivity index (χ1v) is 6.44. The zero-order valence-electron chi connectivity index (χ0n) is 11.4. The van der Waals surface area contributed by atoms with Gasteiger partial charge in [-0.25, -0.2) is 4.68 Å². The van der Waals surface area contributed by atoms with Gasteiger partial charge in [-0.2, -0.15) is 0 Å². The lowest BCUT2D eigenvalue weighted by atomic mass is 10.7. The summed E-state index contributed by atoms with van der Waals surface area (Å²) >= 11 is 0.954. The molecular weight excluding hydrogens is 302 g/mol. The van der Waals surface area contributed by atoms with Crippen molar-refractivity contribution in [2.24, 2.45) is 7.05 Å². The van der Waals surface area contributed by atoms with Gasteiger partial charge in [0.25, 0.3) is 0 Å². The van der Waals surface area contributed by atoms with E-state index in [0.29, 0.717) is 5.82 Å². The summed E-state index contributed by atoms with van der Waals surface area (Å²) in [4.78, 5) is 25.6. The molecule has 0 aliphatic carbocycles. The van der Waals surface area contributed by atoms with Crippen molar-refractivity contribution in [3.05, 3.63) is 15.9 Å². The van der Waals surface area contributed by atoms with Gasteiger partial charge in [0.1, 0.15) is 6.54 Å². The number of esters is 1. The van der Waals surface area contributed by atoms with Crippen molar-refractivity contribution in [1.29, 1.82) is 0 Å². The molecule has 0 aliphatic heterocycles. The van der Waals surface area contributed by atoms with Gasteiger partial charge in [-0.3, -0.25) is 9.36 Å². The van der Waals surface area contributed by atoms with E-state index in [-0.39, 0.29) is 22.5 Å². The predicted octanol–water partition coefficient (Wildman–Crippen LogP) is -0.0526. The molecule has 0 spiro atoms. The quantitative estimate of drug-likeness (QED) is 0.423. The highest BCUT2D eigenvalue weighted by Gasteiger charge is 2.26. The Labute approximate surface area is 122 Å². The van der Waals surface area contributed by atoms with Crippen LogP contribution >= 0.6 is 11.8 Å². The molecule has 2 heterocycles. The molecule has 0 aromatic carbocycles. The summed E-state index contributed by atoms with van der Waals surface area (Å²) in [6, 6.07) is 0. The van der Waals surface area contributed by atoms with Gasteiger partial charge in [-0.05, 0) is 32.1 Å². The standard InChI is InChI=1S/C9H11N7O4S/c1-5-10-7(16(18)19)8(14(5)2)21-9-11-12-13-15(9)4-6(17)20-3/h4H2,1-3H3. The van der Waals surface area contributed by atoms with E-state index in [0.717, 1.165) is 11.8 Å². The molecule has 0 atom stereocenters. The van der Waals surface area contributed by atoms with Gasteiger partial charge in [0.15, 0.2) is 5.03 Å². The van der Waals surface area contributed by atoms with Crippen molar-refractivity contribution >= 4 is 23.5 Å². The van der Waals surface area contributed by atoms with E-state index in [2.05, 4.69) is 25.2 Å². The Morgan fingerprint density at radius 2 is 2.24 bits per heavy atom. The van der Waals surface area contributed by atoms with E-state index >= 15 is 0 Å². The molecule has 0 amide bonds. The third kappa shape index (κ3) is 2.99. The Kier molecular flexibility index (Phi) is 4.16. The monoisotopic (exact) mass is 313 g/mol. The van der Waals surface area contributed by atoms with E-state index in [1.54, 1.807) is 18.5 Å². The number of rotatable bonds is 5. The molecule has 0 radical (unpaired) electrons. The summed E-state index contributed by atoms with van der Waals surface area (Å²) < 4.78 is 7.28. The summed E-state index contributed by atoms with van der Waals surface area (Å²) in [5, 5.41) is 22.4. The second-order valence-corrected chi connectivity index (χ2v) is 4.86. The van der Waals surface area contributed by atoms with Crippen molar-refractivity contribution in [2.45, 2.75) is 23.7 Å². The highest BCUT2D eigenvalue weighted by molar-refractivity contribution is 7.99. The SMILES string of the molecule is COC(=O)Cn1nnnc1Sc1c([N+](=O)[O-])nc(C)n1C. The van der Waals surface area contributed by atoms with Gasteiger partial charge in [0.05, 0.1) is 7.11 Å². The lowest BCUT2D eigenvalue weighted by Gasteiger charge is -2.03. The highest BCUT2D eigenvalue weighted by Crippen LogP contribution is 2.33. The first-order chi connectivity index (χ1) is 9.93. The summed E-state index contributed by atoms with van der Waals surface area (Å²) in [6.45, 7) is 1.46. The van der Waals surface area contributed by atoms with Crippen LogP contribution in [0.15, 0.2) is 10.2 Å². The maximum absolute atomic E-state index is 11.3. The number of methoxy groups -OCH3 is 1. The molecule has 0 bridgehead atoms. The van der Waals surface area contributed by atoms with Crippen molar-refractivity contribution in [1.82, 2.24) is 29.8 Å². The van der Waals surface area contributed by atoms with Crippen molar-refractivity contribution in [3.8, 4) is 0 Å². The zero-order valence-corrected chi connectivity index (χ0v) is 12.2. The maximum atomic E-state index is 11.3. The number of carbonyl (C=O) groups excluding carboxylic acids is 1. The molecule has 2 aromatic rings. The van der Waals surface area contributed by atoms with Gasteiger partial charge in [0, 0.05) is 14.0 Å². The van der Waals surface area contributed by atoms with E-state index < -0.39 is 10.9 Å².